The molecule has 17 heavy (non-hydrogen) atoms. The van der Waals surface area contributed by atoms with Crippen LogP contribution in [-0.4, -0.2) is 16.0 Å². The van der Waals surface area contributed by atoms with Crippen molar-refractivity contribution in [2.75, 3.05) is 11.1 Å². The molecule has 0 aliphatic carbocycles. The van der Waals surface area contributed by atoms with Crippen molar-refractivity contribution in [2.45, 2.75) is 17.8 Å². The highest BCUT2D eigenvalue weighted by Gasteiger charge is 2.04. The SMILES string of the molecule is CC#CCSc1nnc(NCc2ccco2)s1. The van der Waals surface area contributed by atoms with E-state index in [4.69, 9.17) is 4.42 Å². The van der Waals surface area contributed by atoms with Crippen LogP contribution < -0.4 is 5.32 Å². The number of aromatic nitrogens is 2. The Morgan fingerprint density at radius 2 is 2.47 bits per heavy atom. The summed E-state index contributed by atoms with van der Waals surface area (Å²) in [6, 6.07) is 3.78. The molecule has 6 heteroatoms. The van der Waals surface area contributed by atoms with Crippen molar-refractivity contribution >= 4 is 28.2 Å². The Morgan fingerprint density at radius 3 is 3.24 bits per heavy atom. The second-order valence-corrected chi connectivity index (χ2v) is 5.22. The molecular weight excluding hydrogens is 254 g/mol. The highest BCUT2D eigenvalue weighted by Crippen LogP contribution is 2.25. The van der Waals surface area contributed by atoms with Gasteiger partial charge in [0.25, 0.3) is 0 Å². The molecule has 0 atom stereocenters. The second-order valence-electron chi connectivity index (χ2n) is 3.02. The summed E-state index contributed by atoms with van der Waals surface area (Å²) in [6.07, 6.45) is 1.65. The molecule has 0 spiro atoms. The summed E-state index contributed by atoms with van der Waals surface area (Å²) in [5, 5.41) is 12.1. The molecule has 0 saturated carbocycles. The van der Waals surface area contributed by atoms with Gasteiger partial charge in [-0.25, -0.2) is 0 Å². The number of anilines is 1. The average molecular weight is 265 g/mol. The largest absolute Gasteiger partial charge is 0.467 e. The first-order valence-electron chi connectivity index (χ1n) is 5.00. The third kappa shape index (κ3) is 3.80. The van der Waals surface area contributed by atoms with E-state index in [0.717, 1.165) is 21.0 Å². The van der Waals surface area contributed by atoms with Gasteiger partial charge in [-0.2, -0.15) is 0 Å². The highest BCUT2D eigenvalue weighted by molar-refractivity contribution is 8.01. The smallest absolute Gasteiger partial charge is 0.206 e. The quantitative estimate of drug-likeness (QED) is 0.665. The van der Waals surface area contributed by atoms with Gasteiger partial charge in [0.15, 0.2) is 4.34 Å². The van der Waals surface area contributed by atoms with E-state index in [2.05, 4.69) is 27.4 Å². The molecule has 0 aliphatic heterocycles. The maximum Gasteiger partial charge on any atom is 0.206 e. The van der Waals surface area contributed by atoms with E-state index in [0.29, 0.717) is 6.54 Å². The van der Waals surface area contributed by atoms with E-state index in [-0.39, 0.29) is 0 Å². The Labute approximate surface area is 108 Å². The molecule has 0 amide bonds. The van der Waals surface area contributed by atoms with Crippen molar-refractivity contribution in [1.29, 1.82) is 0 Å². The van der Waals surface area contributed by atoms with E-state index in [9.17, 15) is 0 Å². The molecule has 0 saturated heterocycles. The van der Waals surface area contributed by atoms with E-state index in [1.807, 2.05) is 19.1 Å². The lowest BCUT2D eigenvalue weighted by Crippen LogP contribution is -1.96. The van der Waals surface area contributed by atoms with Crippen LogP contribution in [0.25, 0.3) is 0 Å². The van der Waals surface area contributed by atoms with Crippen LogP contribution in [0.5, 0.6) is 0 Å². The van der Waals surface area contributed by atoms with Crippen LogP contribution >= 0.6 is 23.1 Å². The molecule has 2 aromatic heterocycles. The number of nitrogens with one attached hydrogen (secondary N) is 1. The Bertz CT molecular complexity index is 510. The molecule has 0 aliphatic rings. The summed E-state index contributed by atoms with van der Waals surface area (Å²) in [4.78, 5) is 0. The van der Waals surface area contributed by atoms with Gasteiger partial charge in [0.05, 0.1) is 18.6 Å². The maximum absolute atomic E-state index is 5.21. The Morgan fingerprint density at radius 1 is 1.53 bits per heavy atom. The maximum atomic E-state index is 5.21. The lowest BCUT2D eigenvalue weighted by atomic mass is 10.4. The van der Waals surface area contributed by atoms with E-state index in [1.165, 1.54) is 11.3 Å². The molecule has 1 N–H and O–H groups in total. The Hall–Kier alpha value is -1.45. The monoisotopic (exact) mass is 265 g/mol. The van der Waals surface area contributed by atoms with Crippen molar-refractivity contribution < 1.29 is 4.42 Å². The van der Waals surface area contributed by atoms with Gasteiger partial charge in [0.1, 0.15) is 5.76 Å². The average Bonchev–Trinajstić information content (AvgIpc) is 2.98. The van der Waals surface area contributed by atoms with Crippen LogP contribution in [0.4, 0.5) is 5.13 Å². The lowest BCUT2D eigenvalue weighted by Gasteiger charge is -1.96. The minimum Gasteiger partial charge on any atom is -0.467 e. The molecule has 0 aromatic carbocycles. The fraction of sp³-hybridized carbons (Fsp3) is 0.273. The van der Waals surface area contributed by atoms with E-state index in [1.54, 1.807) is 18.0 Å². The van der Waals surface area contributed by atoms with Gasteiger partial charge in [-0.05, 0) is 19.1 Å². The minimum absolute atomic E-state index is 0.626. The molecule has 0 fully saturated rings. The first-order valence-corrected chi connectivity index (χ1v) is 6.81. The number of rotatable bonds is 5. The Kier molecular flexibility index (Phi) is 4.47. The van der Waals surface area contributed by atoms with Crippen LogP contribution in [0.3, 0.4) is 0 Å². The summed E-state index contributed by atoms with van der Waals surface area (Å²) in [7, 11) is 0. The molecule has 0 bridgehead atoms. The predicted molar refractivity (Wildman–Crippen MR) is 70.1 cm³/mol. The van der Waals surface area contributed by atoms with Gasteiger partial charge in [0, 0.05) is 0 Å². The van der Waals surface area contributed by atoms with Crippen molar-refractivity contribution in [1.82, 2.24) is 10.2 Å². The first-order chi connectivity index (χ1) is 8.38. The molecule has 2 heterocycles. The molecule has 2 rings (SSSR count). The molecule has 0 radical (unpaired) electrons. The molecule has 4 nitrogen and oxygen atoms in total. The van der Waals surface area contributed by atoms with Crippen molar-refractivity contribution in [3.05, 3.63) is 24.2 Å². The van der Waals surface area contributed by atoms with Gasteiger partial charge < -0.3 is 9.73 Å². The summed E-state index contributed by atoms with van der Waals surface area (Å²) < 4.78 is 6.14. The third-order valence-corrected chi connectivity index (χ3v) is 3.74. The minimum atomic E-state index is 0.626. The predicted octanol–water partition coefficient (Wildman–Crippen LogP) is 2.86. The topological polar surface area (TPSA) is 51.0 Å². The molecule has 88 valence electrons. The second kappa shape index (κ2) is 6.33. The summed E-state index contributed by atoms with van der Waals surface area (Å²) in [6.45, 7) is 2.46. The third-order valence-electron chi connectivity index (χ3n) is 1.84. The zero-order valence-electron chi connectivity index (χ0n) is 9.27. The number of thioether (sulfide) groups is 1. The summed E-state index contributed by atoms with van der Waals surface area (Å²) in [5.41, 5.74) is 0. The van der Waals surface area contributed by atoms with Gasteiger partial charge in [-0.1, -0.05) is 29.0 Å². The molecular formula is C11H11N3OS2. The fourth-order valence-corrected chi connectivity index (χ4v) is 2.65. The zero-order valence-corrected chi connectivity index (χ0v) is 10.9. The van der Waals surface area contributed by atoms with Gasteiger partial charge in [-0.15, -0.1) is 16.1 Å². The highest BCUT2D eigenvalue weighted by atomic mass is 32.2. The van der Waals surface area contributed by atoms with Crippen molar-refractivity contribution in [3.8, 4) is 11.8 Å². The first kappa shape index (κ1) is 12.0. The standard InChI is InChI=1S/C11H11N3OS2/c1-2-3-7-16-11-14-13-10(17-11)12-8-9-5-4-6-15-9/h4-6H,7-8H2,1H3,(H,12,13). The normalized spacial score (nSPS) is 9.71. The van der Waals surface area contributed by atoms with Crippen molar-refractivity contribution in [2.24, 2.45) is 0 Å². The number of furan rings is 1. The Balaban J connectivity index is 1.83. The van der Waals surface area contributed by atoms with Gasteiger partial charge in [0.2, 0.25) is 5.13 Å². The van der Waals surface area contributed by atoms with Crippen LogP contribution in [0, 0.1) is 11.8 Å². The van der Waals surface area contributed by atoms with Crippen molar-refractivity contribution in [3.63, 3.8) is 0 Å². The lowest BCUT2D eigenvalue weighted by molar-refractivity contribution is 0.518. The summed E-state index contributed by atoms with van der Waals surface area (Å²) in [5.74, 6) is 7.46. The number of nitrogens with zero attached hydrogens (tertiary/aromatic N) is 2. The van der Waals surface area contributed by atoms with E-state index < -0.39 is 0 Å². The fourth-order valence-electron chi connectivity index (χ4n) is 1.09. The zero-order chi connectivity index (χ0) is 11.9. The number of hydrogen-bond acceptors (Lipinski definition) is 6. The number of hydrogen-bond donors (Lipinski definition) is 1. The van der Waals surface area contributed by atoms with Crippen LogP contribution in [0.15, 0.2) is 27.2 Å². The molecule has 2 aromatic rings. The summed E-state index contributed by atoms with van der Waals surface area (Å²) >= 11 is 3.12. The van der Waals surface area contributed by atoms with Crippen LogP contribution in [0.1, 0.15) is 12.7 Å². The van der Waals surface area contributed by atoms with Gasteiger partial charge >= 0.3 is 0 Å². The van der Waals surface area contributed by atoms with Gasteiger partial charge in [-0.3, -0.25) is 0 Å². The van der Waals surface area contributed by atoms with Crippen LogP contribution in [0.2, 0.25) is 0 Å². The van der Waals surface area contributed by atoms with E-state index >= 15 is 0 Å². The molecule has 0 unspecified atom stereocenters. The van der Waals surface area contributed by atoms with Crippen LogP contribution in [-0.2, 0) is 6.54 Å².